The van der Waals surface area contributed by atoms with E-state index in [1.165, 1.54) is 18.6 Å². The van der Waals surface area contributed by atoms with Crippen LogP contribution in [0.15, 0.2) is 23.0 Å². The van der Waals surface area contributed by atoms with E-state index in [0.29, 0.717) is 5.56 Å². The lowest BCUT2D eigenvalue weighted by Gasteiger charge is -2.21. The molecule has 3 N–H and O–H groups in total. The maximum atomic E-state index is 11.7. The summed E-state index contributed by atoms with van der Waals surface area (Å²) < 4.78 is 4.77. The summed E-state index contributed by atoms with van der Waals surface area (Å²) in [5, 5.41) is 7.24. The van der Waals surface area contributed by atoms with E-state index in [-0.39, 0.29) is 43.5 Å². The van der Waals surface area contributed by atoms with E-state index in [0.717, 1.165) is 0 Å². The van der Waals surface area contributed by atoms with E-state index in [1.54, 1.807) is 0 Å². The topological polar surface area (TPSA) is 118 Å². The number of amides is 4. The van der Waals surface area contributed by atoms with Crippen molar-refractivity contribution >= 4 is 23.6 Å². The van der Waals surface area contributed by atoms with Crippen molar-refractivity contribution in [1.82, 2.24) is 16.0 Å². The summed E-state index contributed by atoms with van der Waals surface area (Å²) in [5.74, 6) is -1.53. The van der Waals surface area contributed by atoms with Gasteiger partial charge in [0.15, 0.2) is 0 Å². The first kappa shape index (κ1) is 14.8. The van der Waals surface area contributed by atoms with Gasteiger partial charge >= 0.3 is 0 Å². The number of nitrogens with one attached hydrogen (secondary N) is 3. The molecule has 1 aliphatic rings. The van der Waals surface area contributed by atoms with E-state index in [1.807, 2.05) is 0 Å². The molecular formula is C13H15N3O5. The van der Waals surface area contributed by atoms with Crippen LogP contribution in [0, 0.1) is 0 Å². The Morgan fingerprint density at radius 2 is 2.19 bits per heavy atom. The minimum Gasteiger partial charge on any atom is -0.472 e. The molecule has 0 aromatic carbocycles. The first-order chi connectivity index (χ1) is 10.1. The fraction of sp³-hybridized carbons (Fsp3) is 0.385. The van der Waals surface area contributed by atoms with E-state index in [9.17, 15) is 19.2 Å². The van der Waals surface area contributed by atoms with Gasteiger partial charge in [-0.2, -0.15) is 0 Å². The monoisotopic (exact) mass is 293 g/mol. The molecule has 0 saturated carbocycles. The maximum Gasteiger partial charge on any atom is 0.254 e. The normalized spacial score (nSPS) is 18.0. The molecule has 0 aliphatic carbocycles. The molecule has 112 valence electrons. The lowest BCUT2D eigenvalue weighted by Crippen LogP contribution is -2.52. The Morgan fingerprint density at radius 1 is 1.38 bits per heavy atom. The molecule has 8 heteroatoms. The van der Waals surface area contributed by atoms with Gasteiger partial charge in [-0.05, 0) is 12.5 Å². The third kappa shape index (κ3) is 4.16. The second kappa shape index (κ2) is 6.69. The first-order valence-corrected chi connectivity index (χ1v) is 6.49. The quantitative estimate of drug-likeness (QED) is 0.622. The molecule has 21 heavy (non-hydrogen) atoms. The third-order valence-corrected chi connectivity index (χ3v) is 3.00. The lowest BCUT2D eigenvalue weighted by atomic mass is 10.1. The Bertz CT molecular complexity index is 552. The molecule has 1 fully saturated rings. The predicted molar refractivity (Wildman–Crippen MR) is 70.0 cm³/mol. The molecule has 1 unspecified atom stereocenters. The Hall–Kier alpha value is -2.64. The average molecular weight is 293 g/mol. The summed E-state index contributed by atoms with van der Waals surface area (Å²) in [5.41, 5.74) is 0.376. The molecule has 1 atom stereocenters. The molecule has 1 aromatic heterocycles. The fourth-order valence-electron chi connectivity index (χ4n) is 1.88. The molecule has 0 radical (unpaired) electrons. The van der Waals surface area contributed by atoms with Gasteiger partial charge in [0.25, 0.3) is 5.91 Å². The van der Waals surface area contributed by atoms with Crippen LogP contribution in [0.2, 0.25) is 0 Å². The second-order valence-corrected chi connectivity index (χ2v) is 4.59. The number of hydrogen-bond donors (Lipinski definition) is 3. The van der Waals surface area contributed by atoms with Crippen LogP contribution in [0.4, 0.5) is 0 Å². The lowest BCUT2D eigenvalue weighted by molar-refractivity contribution is -0.137. The molecule has 1 saturated heterocycles. The van der Waals surface area contributed by atoms with Crippen LogP contribution in [-0.2, 0) is 14.4 Å². The molecule has 0 bridgehead atoms. The van der Waals surface area contributed by atoms with Gasteiger partial charge in [0.1, 0.15) is 12.3 Å². The molecule has 4 amide bonds. The summed E-state index contributed by atoms with van der Waals surface area (Å²) in [6, 6.07) is 0.818. The van der Waals surface area contributed by atoms with Crippen molar-refractivity contribution in [1.29, 1.82) is 0 Å². The first-order valence-electron chi connectivity index (χ1n) is 6.49. The van der Waals surface area contributed by atoms with Crippen LogP contribution in [0.1, 0.15) is 29.6 Å². The summed E-state index contributed by atoms with van der Waals surface area (Å²) in [7, 11) is 0. The number of furan rings is 1. The van der Waals surface area contributed by atoms with Crippen molar-refractivity contribution in [2.75, 3.05) is 6.54 Å². The van der Waals surface area contributed by atoms with Gasteiger partial charge < -0.3 is 15.1 Å². The highest BCUT2D eigenvalue weighted by atomic mass is 16.3. The summed E-state index contributed by atoms with van der Waals surface area (Å²) in [6.07, 6.45) is 3.22. The Balaban J connectivity index is 1.69. The molecule has 0 spiro atoms. The third-order valence-electron chi connectivity index (χ3n) is 3.00. The predicted octanol–water partition coefficient (Wildman–Crippen LogP) is -0.679. The molecular weight excluding hydrogens is 278 g/mol. The van der Waals surface area contributed by atoms with Crippen LogP contribution in [-0.4, -0.2) is 36.2 Å². The molecule has 1 aliphatic heterocycles. The van der Waals surface area contributed by atoms with Gasteiger partial charge in [0.05, 0.1) is 11.8 Å². The van der Waals surface area contributed by atoms with Crippen LogP contribution < -0.4 is 16.0 Å². The van der Waals surface area contributed by atoms with Gasteiger partial charge in [-0.15, -0.1) is 0 Å². The number of rotatable bonds is 5. The van der Waals surface area contributed by atoms with Crippen molar-refractivity contribution in [3.8, 4) is 0 Å². The molecule has 1 aromatic rings. The van der Waals surface area contributed by atoms with Crippen molar-refractivity contribution in [3.63, 3.8) is 0 Å². The van der Waals surface area contributed by atoms with Gasteiger partial charge in [-0.3, -0.25) is 24.5 Å². The number of carbonyl (C=O) groups is 4. The highest BCUT2D eigenvalue weighted by Gasteiger charge is 2.27. The van der Waals surface area contributed by atoms with Gasteiger partial charge in [0, 0.05) is 19.4 Å². The Morgan fingerprint density at radius 3 is 2.86 bits per heavy atom. The molecule has 2 rings (SSSR count). The van der Waals surface area contributed by atoms with Crippen molar-refractivity contribution in [2.24, 2.45) is 0 Å². The van der Waals surface area contributed by atoms with E-state index >= 15 is 0 Å². The summed E-state index contributed by atoms with van der Waals surface area (Å²) >= 11 is 0. The standard InChI is InChI=1S/C13H15N3O5/c17-10-2-1-9(13(20)16-10)15-11(18)3-5-14-12(19)8-4-6-21-7-8/h4,6-7,9H,1-3,5H2,(H,14,19)(H,15,18)(H,16,17,20). The Kier molecular flexibility index (Phi) is 4.70. The number of carbonyl (C=O) groups excluding carboxylic acids is 4. The van der Waals surface area contributed by atoms with Crippen LogP contribution in [0.3, 0.4) is 0 Å². The summed E-state index contributed by atoms with van der Waals surface area (Å²) in [4.78, 5) is 45.6. The number of hydrogen-bond acceptors (Lipinski definition) is 5. The van der Waals surface area contributed by atoms with Crippen molar-refractivity contribution in [2.45, 2.75) is 25.3 Å². The smallest absolute Gasteiger partial charge is 0.254 e. The number of imide groups is 1. The van der Waals surface area contributed by atoms with E-state index < -0.39 is 11.9 Å². The minimum absolute atomic E-state index is 0.0430. The zero-order chi connectivity index (χ0) is 15.2. The highest BCUT2D eigenvalue weighted by Crippen LogP contribution is 2.04. The Labute approximate surface area is 120 Å². The zero-order valence-corrected chi connectivity index (χ0v) is 11.2. The molecule has 8 nitrogen and oxygen atoms in total. The minimum atomic E-state index is -0.695. The van der Waals surface area contributed by atoms with Crippen LogP contribution in [0.25, 0.3) is 0 Å². The SMILES string of the molecule is O=C1CCC(NC(=O)CCNC(=O)c2ccoc2)C(=O)N1. The van der Waals surface area contributed by atoms with Crippen molar-refractivity contribution in [3.05, 3.63) is 24.2 Å². The second-order valence-electron chi connectivity index (χ2n) is 4.59. The highest BCUT2D eigenvalue weighted by molar-refractivity contribution is 6.01. The average Bonchev–Trinajstić information content (AvgIpc) is 2.96. The van der Waals surface area contributed by atoms with Gasteiger partial charge in [-0.25, -0.2) is 0 Å². The molecule has 2 heterocycles. The summed E-state index contributed by atoms with van der Waals surface area (Å²) in [6.45, 7) is 0.142. The van der Waals surface area contributed by atoms with Crippen LogP contribution >= 0.6 is 0 Å². The van der Waals surface area contributed by atoms with E-state index in [4.69, 9.17) is 4.42 Å². The van der Waals surface area contributed by atoms with E-state index in [2.05, 4.69) is 16.0 Å². The fourth-order valence-corrected chi connectivity index (χ4v) is 1.88. The van der Waals surface area contributed by atoms with Crippen molar-refractivity contribution < 1.29 is 23.6 Å². The zero-order valence-electron chi connectivity index (χ0n) is 11.2. The van der Waals surface area contributed by atoms with Gasteiger partial charge in [0.2, 0.25) is 17.7 Å². The largest absolute Gasteiger partial charge is 0.472 e. The maximum absolute atomic E-state index is 11.7. The number of piperidine rings is 1. The van der Waals surface area contributed by atoms with Gasteiger partial charge in [-0.1, -0.05) is 0 Å². The van der Waals surface area contributed by atoms with Crippen LogP contribution in [0.5, 0.6) is 0 Å².